The van der Waals surface area contributed by atoms with Gasteiger partial charge in [-0.15, -0.1) is 11.8 Å². The molecule has 0 saturated carbocycles. The van der Waals surface area contributed by atoms with Crippen molar-refractivity contribution >= 4 is 35.2 Å². The van der Waals surface area contributed by atoms with Crippen LogP contribution < -0.4 is 10.1 Å². The van der Waals surface area contributed by atoms with E-state index in [1.54, 1.807) is 24.3 Å². The lowest BCUT2D eigenvalue weighted by Gasteiger charge is -2.51. The lowest BCUT2D eigenvalue weighted by atomic mass is 10.0. The number of hydrogen-bond acceptors (Lipinski definition) is 9. The molecule has 1 N–H and O–H groups in total. The summed E-state index contributed by atoms with van der Waals surface area (Å²) in [6.45, 7) is 1.26. The predicted molar refractivity (Wildman–Crippen MR) is 142 cm³/mol. The molecule has 11 nitrogen and oxygen atoms in total. The zero-order chi connectivity index (χ0) is 27.4. The van der Waals surface area contributed by atoms with E-state index in [0.717, 1.165) is 38.0 Å². The monoisotopic (exact) mass is 552 g/mol. The van der Waals surface area contributed by atoms with Crippen molar-refractivity contribution in [1.29, 1.82) is 0 Å². The van der Waals surface area contributed by atoms with Crippen LogP contribution in [0.15, 0.2) is 66.0 Å². The minimum absolute atomic E-state index is 0.0549. The molecule has 1 unspecified atom stereocenters. The fourth-order valence-electron chi connectivity index (χ4n) is 4.81. The van der Waals surface area contributed by atoms with E-state index in [0.29, 0.717) is 17.1 Å². The summed E-state index contributed by atoms with van der Waals surface area (Å²) in [7, 11) is 0. The van der Waals surface area contributed by atoms with Crippen molar-refractivity contribution in [2.24, 2.45) is 0 Å². The summed E-state index contributed by atoms with van der Waals surface area (Å²) in [6.07, 6.45) is 3.11. The molecule has 204 valence electrons. The number of non-ortho nitro benzene ring substituents is 1. The van der Waals surface area contributed by atoms with Crippen LogP contribution in [0.4, 0.5) is 5.69 Å². The number of fused-ring (bicyclic) bond motifs is 1. The summed E-state index contributed by atoms with van der Waals surface area (Å²) in [6, 6.07) is 13.9. The average molecular weight is 553 g/mol. The Hall–Kier alpha value is -4.06. The Morgan fingerprint density at radius 2 is 1.77 bits per heavy atom. The first-order valence-electron chi connectivity index (χ1n) is 12.7. The van der Waals surface area contributed by atoms with E-state index in [2.05, 4.69) is 10.2 Å². The van der Waals surface area contributed by atoms with Crippen LogP contribution in [0.3, 0.4) is 0 Å². The third-order valence-corrected chi connectivity index (χ3v) is 8.09. The number of nitrogens with zero attached hydrogens (tertiary/aromatic N) is 3. The van der Waals surface area contributed by atoms with Gasteiger partial charge < -0.3 is 19.7 Å². The van der Waals surface area contributed by atoms with E-state index in [1.165, 1.54) is 40.9 Å². The number of carbonyl (C=O) groups is 3. The van der Waals surface area contributed by atoms with E-state index in [1.807, 2.05) is 6.07 Å². The third-order valence-electron chi connectivity index (χ3n) is 6.83. The highest BCUT2D eigenvalue weighted by Crippen LogP contribution is 2.42. The number of nitro benzene ring substituents is 1. The highest BCUT2D eigenvalue weighted by atomic mass is 32.2. The second-order valence-electron chi connectivity index (χ2n) is 9.40. The molecule has 39 heavy (non-hydrogen) atoms. The number of ether oxygens (including phenoxy) is 2. The van der Waals surface area contributed by atoms with E-state index in [-0.39, 0.29) is 30.5 Å². The van der Waals surface area contributed by atoms with Crippen molar-refractivity contribution in [2.75, 3.05) is 25.4 Å². The lowest BCUT2D eigenvalue weighted by molar-refractivity contribution is -0.384. The summed E-state index contributed by atoms with van der Waals surface area (Å²) in [4.78, 5) is 53.2. The van der Waals surface area contributed by atoms with Gasteiger partial charge in [0.2, 0.25) is 0 Å². The molecule has 5 rings (SSSR count). The van der Waals surface area contributed by atoms with Crippen molar-refractivity contribution in [2.45, 2.75) is 37.3 Å². The van der Waals surface area contributed by atoms with Gasteiger partial charge in [-0.25, -0.2) is 4.79 Å². The number of esters is 1. The van der Waals surface area contributed by atoms with E-state index >= 15 is 0 Å². The summed E-state index contributed by atoms with van der Waals surface area (Å²) in [5, 5.41) is 13.2. The number of nitro groups is 1. The summed E-state index contributed by atoms with van der Waals surface area (Å²) in [5.74, 6) is -0.385. The Morgan fingerprint density at radius 1 is 1.05 bits per heavy atom. The van der Waals surface area contributed by atoms with E-state index < -0.39 is 28.2 Å². The quantitative estimate of drug-likeness (QED) is 0.216. The number of nitrogens with one attached hydrogen (secondary N) is 1. The molecule has 3 aliphatic rings. The van der Waals surface area contributed by atoms with E-state index in [4.69, 9.17) is 9.47 Å². The van der Waals surface area contributed by atoms with Crippen LogP contribution in [0.2, 0.25) is 0 Å². The van der Waals surface area contributed by atoms with Gasteiger partial charge in [0, 0.05) is 31.0 Å². The first-order valence-corrected chi connectivity index (χ1v) is 13.8. The molecule has 2 amide bonds. The van der Waals surface area contributed by atoms with Crippen molar-refractivity contribution < 1.29 is 28.8 Å². The smallest absolute Gasteiger partial charge is 0.357 e. The van der Waals surface area contributed by atoms with Gasteiger partial charge in [0.25, 0.3) is 17.5 Å². The number of rotatable bonds is 9. The molecule has 0 bridgehead atoms. The average Bonchev–Trinajstić information content (AvgIpc) is 2.98. The lowest BCUT2D eigenvalue weighted by Crippen LogP contribution is -2.71. The normalized spacial score (nSPS) is 20.6. The van der Waals surface area contributed by atoms with Gasteiger partial charge in [0.15, 0.2) is 12.3 Å². The molecule has 3 heterocycles. The molecular formula is C27H28N4O7S. The molecule has 0 radical (unpaired) electrons. The van der Waals surface area contributed by atoms with Crippen LogP contribution in [-0.2, 0) is 25.7 Å². The fourth-order valence-corrected chi connectivity index (χ4v) is 6.19. The maximum atomic E-state index is 13.4. The zero-order valence-corrected chi connectivity index (χ0v) is 21.9. The molecule has 0 aliphatic carbocycles. The van der Waals surface area contributed by atoms with Crippen molar-refractivity contribution in [1.82, 2.24) is 15.1 Å². The van der Waals surface area contributed by atoms with Gasteiger partial charge in [0.05, 0.1) is 10.6 Å². The zero-order valence-electron chi connectivity index (χ0n) is 21.1. The maximum absolute atomic E-state index is 13.4. The molecule has 2 atom stereocenters. The van der Waals surface area contributed by atoms with Crippen molar-refractivity contribution in [3.8, 4) is 5.75 Å². The molecule has 2 fully saturated rings. The SMILES string of the molecule is O=C(COc1ccccc1)NC1C(=O)N2C(C(=O)OCc3ccc([N+](=O)[O-])cc3)=C(N3CCCCC3)CS[C@H]12. The summed E-state index contributed by atoms with van der Waals surface area (Å²) < 4.78 is 11.1. The van der Waals surface area contributed by atoms with Gasteiger partial charge in [-0.05, 0) is 49.1 Å². The Labute approximate surface area is 229 Å². The number of benzene rings is 2. The molecule has 0 spiro atoms. The molecule has 12 heteroatoms. The second-order valence-corrected chi connectivity index (χ2v) is 10.5. The maximum Gasteiger partial charge on any atom is 0.357 e. The molecule has 3 aliphatic heterocycles. The number of piperidine rings is 1. The second kappa shape index (κ2) is 11.8. The molecular weight excluding hydrogens is 524 g/mol. The third kappa shape index (κ3) is 5.85. The van der Waals surface area contributed by atoms with Crippen molar-refractivity contribution in [3.63, 3.8) is 0 Å². The van der Waals surface area contributed by atoms with E-state index in [9.17, 15) is 24.5 Å². The van der Waals surface area contributed by atoms with Gasteiger partial charge in [-0.1, -0.05) is 18.2 Å². The highest BCUT2D eigenvalue weighted by molar-refractivity contribution is 8.00. The van der Waals surface area contributed by atoms with Crippen LogP contribution in [0.1, 0.15) is 24.8 Å². The highest BCUT2D eigenvalue weighted by Gasteiger charge is 2.55. The van der Waals surface area contributed by atoms with Crippen molar-refractivity contribution in [3.05, 3.63) is 81.7 Å². The van der Waals surface area contributed by atoms with Gasteiger partial charge in [0.1, 0.15) is 23.8 Å². The summed E-state index contributed by atoms with van der Waals surface area (Å²) in [5.41, 5.74) is 1.50. The van der Waals surface area contributed by atoms with Gasteiger partial charge >= 0.3 is 5.97 Å². The number of thioether (sulfide) groups is 1. The van der Waals surface area contributed by atoms with Crippen LogP contribution >= 0.6 is 11.8 Å². The number of β-lactam (4-membered cyclic amide) rings is 1. The first kappa shape index (κ1) is 26.5. The Morgan fingerprint density at radius 3 is 2.46 bits per heavy atom. The predicted octanol–water partition coefficient (Wildman–Crippen LogP) is 2.81. The van der Waals surface area contributed by atoms with Crippen LogP contribution in [0, 0.1) is 10.1 Å². The van der Waals surface area contributed by atoms with Crippen LogP contribution in [-0.4, -0.2) is 69.4 Å². The Kier molecular flexibility index (Phi) is 8.01. The number of amides is 2. The molecule has 2 saturated heterocycles. The number of likely N-dealkylation sites (tertiary alicyclic amines) is 1. The minimum Gasteiger partial charge on any atom is -0.484 e. The number of carbonyl (C=O) groups excluding carboxylic acids is 3. The largest absolute Gasteiger partial charge is 0.484 e. The van der Waals surface area contributed by atoms with Crippen LogP contribution in [0.25, 0.3) is 0 Å². The number of hydrogen-bond donors (Lipinski definition) is 1. The van der Waals surface area contributed by atoms with Gasteiger partial charge in [-0.2, -0.15) is 0 Å². The Bertz CT molecular complexity index is 1280. The topological polar surface area (TPSA) is 131 Å². The molecule has 0 aromatic heterocycles. The first-order chi connectivity index (χ1) is 18.9. The molecule has 2 aromatic rings. The Balaban J connectivity index is 1.28. The fraction of sp³-hybridized carbons (Fsp3) is 0.370. The van der Waals surface area contributed by atoms with Crippen LogP contribution in [0.5, 0.6) is 5.75 Å². The standard InChI is InChI=1S/C27H28N4O7S/c32-22(16-37-20-7-3-1-4-8-20)28-23-25(33)30-24(21(17-39-26(23)30)29-13-5-2-6-14-29)27(34)38-15-18-9-11-19(12-10-18)31(35)36/h1,3-4,7-12,23,26H,2,5-6,13-17H2,(H,28,32)/t23?,26-/m1/s1. The molecule has 2 aromatic carbocycles. The minimum atomic E-state index is -0.776. The summed E-state index contributed by atoms with van der Waals surface area (Å²) >= 11 is 1.50. The number of para-hydroxylation sites is 1. The van der Waals surface area contributed by atoms with Gasteiger partial charge in [-0.3, -0.25) is 24.6 Å².